The highest BCUT2D eigenvalue weighted by Crippen LogP contribution is 2.24. The Morgan fingerprint density at radius 3 is 2.00 bits per heavy atom. The van der Waals surface area contributed by atoms with Crippen LogP contribution < -0.4 is 0 Å². The number of aromatic carboxylic acids is 1. The van der Waals surface area contributed by atoms with Gasteiger partial charge in [0.25, 0.3) is 5.91 Å². The molecule has 1 heterocycles. The number of amides is 1. The lowest BCUT2D eigenvalue weighted by Crippen LogP contribution is -2.47. The van der Waals surface area contributed by atoms with Crippen molar-refractivity contribution in [3.05, 3.63) is 35.4 Å². The average molecular weight is 261 g/mol. The van der Waals surface area contributed by atoms with Crippen molar-refractivity contribution in [2.45, 2.75) is 45.2 Å². The molecular formula is C15H19NO3. The van der Waals surface area contributed by atoms with Crippen molar-refractivity contribution < 1.29 is 14.7 Å². The van der Waals surface area contributed by atoms with Gasteiger partial charge in [0.1, 0.15) is 0 Å². The number of hydrogen-bond donors (Lipinski definition) is 1. The molecule has 0 aliphatic carbocycles. The smallest absolute Gasteiger partial charge is 0.335 e. The summed E-state index contributed by atoms with van der Waals surface area (Å²) in [6, 6.07) is 6.65. The maximum atomic E-state index is 12.5. The maximum Gasteiger partial charge on any atom is 0.335 e. The zero-order chi connectivity index (χ0) is 14.0. The summed E-state index contributed by atoms with van der Waals surface area (Å²) in [5.74, 6) is -0.977. The van der Waals surface area contributed by atoms with Gasteiger partial charge in [-0.25, -0.2) is 4.79 Å². The molecule has 0 radical (unpaired) electrons. The molecule has 1 fully saturated rings. The van der Waals surface area contributed by atoms with E-state index in [1.54, 1.807) is 12.1 Å². The number of likely N-dealkylation sites (tertiary alicyclic amines) is 1. The molecule has 102 valence electrons. The number of carboxylic acids is 1. The third kappa shape index (κ3) is 2.78. The minimum Gasteiger partial charge on any atom is -0.478 e. The topological polar surface area (TPSA) is 57.6 Å². The van der Waals surface area contributed by atoms with Gasteiger partial charge < -0.3 is 10.0 Å². The molecule has 1 aromatic carbocycles. The lowest BCUT2D eigenvalue weighted by atomic mass is 9.96. The zero-order valence-corrected chi connectivity index (χ0v) is 11.3. The molecule has 0 aromatic heterocycles. The van der Waals surface area contributed by atoms with E-state index < -0.39 is 5.97 Å². The second-order valence-corrected chi connectivity index (χ2v) is 5.22. The van der Waals surface area contributed by atoms with Gasteiger partial charge in [0, 0.05) is 17.6 Å². The fourth-order valence-corrected chi connectivity index (χ4v) is 2.73. The average Bonchev–Trinajstić information content (AvgIpc) is 2.38. The minimum atomic E-state index is -0.973. The van der Waals surface area contributed by atoms with E-state index in [0.29, 0.717) is 5.56 Å². The normalized spacial score (nSPS) is 23.2. The molecule has 1 aliphatic heterocycles. The van der Waals surface area contributed by atoms with E-state index in [4.69, 9.17) is 5.11 Å². The number of hydrogen-bond acceptors (Lipinski definition) is 2. The van der Waals surface area contributed by atoms with Gasteiger partial charge in [-0.3, -0.25) is 4.79 Å². The van der Waals surface area contributed by atoms with Crippen LogP contribution in [0.3, 0.4) is 0 Å². The van der Waals surface area contributed by atoms with Crippen LogP contribution >= 0.6 is 0 Å². The van der Waals surface area contributed by atoms with Crippen molar-refractivity contribution in [3.63, 3.8) is 0 Å². The fraction of sp³-hybridized carbons (Fsp3) is 0.467. The van der Waals surface area contributed by atoms with Crippen LogP contribution in [0.2, 0.25) is 0 Å². The van der Waals surface area contributed by atoms with Gasteiger partial charge in [0.2, 0.25) is 0 Å². The van der Waals surface area contributed by atoms with Gasteiger partial charge in [-0.2, -0.15) is 0 Å². The van der Waals surface area contributed by atoms with Gasteiger partial charge in [0.15, 0.2) is 0 Å². The van der Waals surface area contributed by atoms with Crippen LogP contribution in [-0.4, -0.2) is 34.0 Å². The number of nitrogens with zero attached hydrogens (tertiary/aromatic N) is 1. The highest BCUT2D eigenvalue weighted by atomic mass is 16.4. The van der Waals surface area contributed by atoms with Crippen LogP contribution in [0.25, 0.3) is 0 Å². The van der Waals surface area contributed by atoms with Crippen LogP contribution in [0.5, 0.6) is 0 Å². The first-order valence-corrected chi connectivity index (χ1v) is 6.66. The Bertz CT molecular complexity index is 471. The van der Waals surface area contributed by atoms with Crippen molar-refractivity contribution in [3.8, 4) is 0 Å². The van der Waals surface area contributed by atoms with Crippen molar-refractivity contribution in [2.75, 3.05) is 0 Å². The van der Waals surface area contributed by atoms with Crippen molar-refractivity contribution >= 4 is 11.9 Å². The predicted molar refractivity (Wildman–Crippen MR) is 72.3 cm³/mol. The van der Waals surface area contributed by atoms with E-state index in [-0.39, 0.29) is 23.6 Å². The number of carboxylic acid groups (broad SMARTS) is 1. The zero-order valence-electron chi connectivity index (χ0n) is 11.3. The van der Waals surface area contributed by atoms with Gasteiger partial charge in [0.05, 0.1) is 5.56 Å². The molecule has 0 bridgehead atoms. The number of piperidine rings is 1. The predicted octanol–water partition coefficient (Wildman–Crippen LogP) is 2.79. The molecule has 19 heavy (non-hydrogen) atoms. The van der Waals surface area contributed by atoms with Crippen LogP contribution in [0.1, 0.15) is 53.8 Å². The first-order valence-electron chi connectivity index (χ1n) is 6.66. The molecule has 1 saturated heterocycles. The Kier molecular flexibility index (Phi) is 3.88. The van der Waals surface area contributed by atoms with Crippen LogP contribution in [0.15, 0.2) is 24.3 Å². The second-order valence-electron chi connectivity index (χ2n) is 5.22. The van der Waals surface area contributed by atoms with E-state index in [1.807, 2.05) is 4.90 Å². The molecule has 0 spiro atoms. The highest BCUT2D eigenvalue weighted by molar-refractivity contribution is 5.96. The third-order valence-electron chi connectivity index (χ3n) is 3.81. The Labute approximate surface area is 113 Å². The van der Waals surface area contributed by atoms with Crippen LogP contribution in [0.4, 0.5) is 0 Å². The molecule has 1 N–H and O–H groups in total. The summed E-state index contributed by atoms with van der Waals surface area (Å²) in [4.78, 5) is 25.2. The lowest BCUT2D eigenvalue weighted by molar-refractivity contribution is 0.0509. The number of carbonyl (C=O) groups is 2. The van der Waals surface area contributed by atoms with Crippen LogP contribution in [0, 0.1) is 0 Å². The summed E-state index contributed by atoms with van der Waals surface area (Å²) in [5.41, 5.74) is 0.766. The summed E-state index contributed by atoms with van der Waals surface area (Å²) in [6.07, 6.45) is 3.22. The molecule has 2 atom stereocenters. The largest absolute Gasteiger partial charge is 0.478 e. The molecule has 4 heteroatoms. The Balaban J connectivity index is 2.20. The molecular weight excluding hydrogens is 242 g/mol. The SMILES string of the molecule is C[C@@H]1CCC[C@H](C)N1C(=O)c1ccc(C(=O)O)cc1. The van der Waals surface area contributed by atoms with Gasteiger partial charge >= 0.3 is 5.97 Å². The highest BCUT2D eigenvalue weighted by Gasteiger charge is 2.29. The molecule has 1 aromatic rings. The first kappa shape index (κ1) is 13.6. The third-order valence-corrected chi connectivity index (χ3v) is 3.81. The fourth-order valence-electron chi connectivity index (χ4n) is 2.73. The van der Waals surface area contributed by atoms with E-state index in [0.717, 1.165) is 19.3 Å². The standard InChI is InChI=1S/C15H19NO3/c1-10-4-3-5-11(2)16(10)14(17)12-6-8-13(9-7-12)15(18)19/h6-11H,3-5H2,1-2H3,(H,18,19)/t10-,11+. The summed E-state index contributed by atoms with van der Waals surface area (Å²) >= 11 is 0. The Hall–Kier alpha value is -1.84. The number of carbonyl (C=O) groups excluding carboxylic acids is 1. The lowest BCUT2D eigenvalue weighted by Gasteiger charge is -2.39. The molecule has 2 rings (SSSR count). The summed E-state index contributed by atoms with van der Waals surface area (Å²) in [7, 11) is 0. The summed E-state index contributed by atoms with van der Waals surface area (Å²) in [5, 5.41) is 8.85. The van der Waals surface area contributed by atoms with E-state index in [1.165, 1.54) is 12.1 Å². The summed E-state index contributed by atoms with van der Waals surface area (Å²) in [6.45, 7) is 4.14. The quantitative estimate of drug-likeness (QED) is 0.890. The molecule has 1 amide bonds. The minimum absolute atomic E-state index is 0.00311. The first-order chi connectivity index (χ1) is 9.00. The second kappa shape index (κ2) is 5.43. The van der Waals surface area contributed by atoms with Gasteiger partial charge in [-0.1, -0.05) is 0 Å². The Morgan fingerprint density at radius 2 is 1.53 bits per heavy atom. The number of rotatable bonds is 2. The summed E-state index contributed by atoms with van der Waals surface area (Å²) < 4.78 is 0. The Morgan fingerprint density at radius 1 is 1.05 bits per heavy atom. The molecule has 4 nitrogen and oxygen atoms in total. The number of benzene rings is 1. The van der Waals surface area contributed by atoms with Crippen LogP contribution in [-0.2, 0) is 0 Å². The van der Waals surface area contributed by atoms with E-state index in [2.05, 4.69) is 13.8 Å². The molecule has 0 saturated carbocycles. The van der Waals surface area contributed by atoms with Crippen molar-refractivity contribution in [1.29, 1.82) is 0 Å². The van der Waals surface area contributed by atoms with Crippen molar-refractivity contribution in [2.24, 2.45) is 0 Å². The van der Waals surface area contributed by atoms with Gasteiger partial charge in [-0.05, 0) is 57.4 Å². The monoisotopic (exact) mass is 261 g/mol. The van der Waals surface area contributed by atoms with E-state index >= 15 is 0 Å². The molecule has 0 unspecified atom stereocenters. The van der Waals surface area contributed by atoms with E-state index in [9.17, 15) is 9.59 Å². The maximum absolute atomic E-state index is 12.5. The van der Waals surface area contributed by atoms with Gasteiger partial charge in [-0.15, -0.1) is 0 Å². The molecule has 1 aliphatic rings. The van der Waals surface area contributed by atoms with Crippen molar-refractivity contribution in [1.82, 2.24) is 4.90 Å².